The van der Waals surface area contributed by atoms with Crippen LogP contribution in [-0.4, -0.2) is 39.0 Å². The van der Waals surface area contributed by atoms with Crippen LogP contribution in [-0.2, 0) is 4.74 Å². The molecule has 0 spiro atoms. The molecule has 0 aromatic carbocycles. The van der Waals surface area contributed by atoms with E-state index in [0.717, 1.165) is 48.6 Å². The van der Waals surface area contributed by atoms with E-state index >= 15 is 0 Å². The minimum atomic E-state index is 0.310. The molecule has 0 bridgehead atoms. The average Bonchev–Trinajstić information content (AvgIpc) is 3.33. The lowest BCUT2D eigenvalue weighted by molar-refractivity contribution is 0.120. The molecule has 1 unspecified atom stereocenters. The highest BCUT2D eigenvalue weighted by Gasteiger charge is 2.14. The number of nitrogens with zero attached hydrogens (tertiary/aromatic N) is 4. The van der Waals surface area contributed by atoms with Gasteiger partial charge in [0.05, 0.1) is 18.0 Å². The van der Waals surface area contributed by atoms with Crippen LogP contribution in [0.5, 0.6) is 0 Å². The van der Waals surface area contributed by atoms with E-state index in [4.69, 9.17) is 4.74 Å². The van der Waals surface area contributed by atoms with Gasteiger partial charge in [0.15, 0.2) is 0 Å². The highest BCUT2D eigenvalue weighted by atomic mass is 16.5. The van der Waals surface area contributed by atoms with Gasteiger partial charge in [0, 0.05) is 49.1 Å². The van der Waals surface area contributed by atoms with E-state index in [9.17, 15) is 0 Å². The molecule has 1 atom stereocenters. The summed E-state index contributed by atoms with van der Waals surface area (Å²) < 4.78 is 7.44. The summed E-state index contributed by atoms with van der Waals surface area (Å²) in [4.78, 5) is 8.51. The Labute approximate surface area is 140 Å². The highest BCUT2D eigenvalue weighted by molar-refractivity contribution is 5.62. The summed E-state index contributed by atoms with van der Waals surface area (Å²) in [6.07, 6.45) is 11.8. The van der Waals surface area contributed by atoms with E-state index in [1.165, 1.54) is 0 Å². The Kier molecular flexibility index (Phi) is 4.20. The monoisotopic (exact) mass is 321 g/mol. The Morgan fingerprint density at radius 3 is 2.79 bits per heavy atom. The summed E-state index contributed by atoms with van der Waals surface area (Å²) in [5.74, 6) is 0.871. The standard InChI is InChI=1S/C18H19N5O/c1-2-17(24-9-1)12-21-18-4-3-14(10-20-18)15-11-22-23(13-15)16-5-7-19-8-6-16/h3-8,10-11,13,17H,1-2,9,12H2,(H,20,21). The van der Waals surface area contributed by atoms with Gasteiger partial charge < -0.3 is 10.1 Å². The first kappa shape index (κ1) is 14.8. The molecular weight excluding hydrogens is 302 g/mol. The van der Waals surface area contributed by atoms with Crippen LogP contribution >= 0.6 is 0 Å². The zero-order chi connectivity index (χ0) is 16.2. The molecule has 1 N–H and O–H groups in total. The van der Waals surface area contributed by atoms with Crippen LogP contribution in [0.1, 0.15) is 12.8 Å². The lowest BCUT2D eigenvalue weighted by Crippen LogP contribution is -2.18. The van der Waals surface area contributed by atoms with Gasteiger partial charge in [-0.05, 0) is 37.1 Å². The van der Waals surface area contributed by atoms with E-state index < -0.39 is 0 Å². The lowest BCUT2D eigenvalue weighted by atomic mass is 10.2. The third kappa shape index (κ3) is 3.28. The first-order chi connectivity index (χ1) is 11.9. The lowest BCUT2D eigenvalue weighted by Gasteiger charge is -2.11. The predicted octanol–water partition coefficient (Wildman–Crippen LogP) is 2.92. The van der Waals surface area contributed by atoms with Crippen LogP contribution in [0.25, 0.3) is 16.8 Å². The topological polar surface area (TPSA) is 64.9 Å². The summed E-state index contributed by atoms with van der Waals surface area (Å²) in [6, 6.07) is 7.90. The Morgan fingerprint density at radius 1 is 1.12 bits per heavy atom. The molecule has 1 aliphatic rings. The molecule has 122 valence electrons. The maximum absolute atomic E-state index is 5.61. The first-order valence-corrected chi connectivity index (χ1v) is 8.15. The van der Waals surface area contributed by atoms with Gasteiger partial charge in [0.25, 0.3) is 0 Å². The molecule has 3 aromatic rings. The van der Waals surface area contributed by atoms with Gasteiger partial charge in [0.2, 0.25) is 0 Å². The van der Waals surface area contributed by atoms with Crippen LogP contribution in [0.4, 0.5) is 5.82 Å². The third-order valence-electron chi connectivity index (χ3n) is 4.14. The fourth-order valence-electron chi connectivity index (χ4n) is 2.80. The van der Waals surface area contributed by atoms with Crippen molar-refractivity contribution in [3.8, 4) is 16.8 Å². The Bertz CT molecular complexity index is 779. The Hall–Kier alpha value is -2.73. The third-order valence-corrected chi connectivity index (χ3v) is 4.14. The molecule has 1 fully saturated rings. The largest absolute Gasteiger partial charge is 0.376 e. The fraction of sp³-hybridized carbons (Fsp3) is 0.278. The van der Waals surface area contributed by atoms with E-state index in [-0.39, 0.29) is 0 Å². The number of rotatable bonds is 5. The first-order valence-electron chi connectivity index (χ1n) is 8.15. The summed E-state index contributed by atoms with van der Waals surface area (Å²) in [5.41, 5.74) is 3.06. The van der Waals surface area contributed by atoms with Gasteiger partial charge in [-0.15, -0.1) is 0 Å². The zero-order valence-corrected chi connectivity index (χ0v) is 13.3. The normalized spacial score (nSPS) is 17.1. The molecule has 4 rings (SSSR count). The number of ether oxygens (including phenoxy) is 1. The maximum atomic E-state index is 5.61. The van der Waals surface area contributed by atoms with Crippen LogP contribution in [0, 0.1) is 0 Å². The van der Waals surface area contributed by atoms with Crippen molar-refractivity contribution < 1.29 is 4.74 Å². The van der Waals surface area contributed by atoms with Crippen LogP contribution in [0.2, 0.25) is 0 Å². The van der Waals surface area contributed by atoms with Crippen molar-refractivity contribution in [2.24, 2.45) is 0 Å². The summed E-state index contributed by atoms with van der Waals surface area (Å²) in [6.45, 7) is 1.69. The van der Waals surface area contributed by atoms with Crippen molar-refractivity contribution in [1.82, 2.24) is 19.7 Å². The molecule has 1 saturated heterocycles. The maximum Gasteiger partial charge on any atom is 0.126 e. The van der Waals surface area contributed by atoms with E-state index in [0.29, 0.717) is 6.10 Å². The second-order valence-corrected chi connectivity index (χ2v) is 5.83. The van der Waals surface area contributed by atoms with Gasteiger partial charge in [-0.1, -0.05) is 0 Å². The van der Waals surface area contributed by atoms with Gasteiger partial charge >= 0.3 is 0 Å². The van der Waals surface area contributed by atoms with Crippen molar-refractivity contribution in [2.75, 3.05) is 18.5 Å². The summed E-state index contributed by atoms with van der Waals surface area (Å²) in [7, 11) is 0. The van der Waals surface area contributed by atoms with Gasteiger partial charge in [-0.3, -0.25) is 4.98 Å². The number of pyridine rings is 2. The molecule has 1 aliphatic heterocycles. The molecule has 0 amide bonds. The molecule has 0 radical (unpaired) electrons. The number of hydrogen-bond acceptors (Lipinski definition) is 5. The molecular formula is C18H19N5O. The van der Waals surface area contributed by atoms with Crippen LogP contribution < -0.4 is 5.32 Å². The second-order valence-electron chi connectivity index (χ2n) is 5.83. The minimum absolute atomic E-state index is 0.310. The minimum Gasteiger partial charge on any atom is -0.376 e. The smallest absolute Gasteiger partial charge is 0.126 e. The number of nitrogens with one attached hydrogen (secondary N) is 1. The van der Waals surface area contributed by atoms with Gasteiger partial charge in [0.1, 0.15) is 5.82 Å². The van der Waals surface area contributed by atoms with E-state index in [2.05, 4.69) is 26.4 Å². The van der Waals surface area contributed by atoms with E-state index in [1.54, 1.807) is 12.4 Å². The second kappa shape index (κ2) is 6.80. The van der Waals surface area contributed by atoms with Crippen molar-refractivity contribution in [3.05, 3.63) is 55.2 Å². The SMILES string of the molecule is c1cc(-n2cc(-c3ccc(NCC4CCCO4)nc3)cn2)ccn1. The van der Waals surface area contributed by atoms with Crippen molar-refractivity contribution in [2.45, 2.75) is 18.9 Å². The fourth-order valence-corrected chi connectivity index (χ4v) is 2.80. The molecule has 0 saturated carbocycles. The molecule has 6 heteroatoms. The van der Waals surface area contributed by atoms with Crippen molar-refractivity contribution in [1.29, 1.82) is 0 Å². The zero-order valence-electron chi connectivity index (χ0n) is 13.3. The van der Waals surface area contributed by atoms with E-state index in [1.807, 2.05) is 41.5 Å². The van der Waals surface area contributed by atoms with Gasteiger partial charge in [-0.25, -0.2) is 9.67 Å². The average molecular weight is 321 g/mol. The Balaban J connectivity index is 1.44. The van der Waals surface area contributed by atoms with Gasteiger partial charge in [-0.2, -0.15) is 5.10 Å². The molecule has 3 aromatic heterocycles. The molecule has 6 nitrogen and oxygen atoms in total. The summed E-state index contributed by atoms with van der Waals surface area (Å²) >= 11 is 0. The predicted molar refractivity (Wildman–Crippen MR) is 92.1 cm³/mol. The number of hydrogen-bond donors (Lipinski definition) is 1. The highest BCUT2D eigenvalue weighted by Crippen LogP contribution is 2.20. The van der Waals surface area contributed by atoms with Crippen molar-refractivity contribution >= 4 is 5.82 Å². The van der Waals surface area contributed by atoms with Crippen molar-refractivity contribution in [3.63, 3.8) is 0 Å². The number of anilines is 1. The van der Waals surface area contributed by atoms with Crippen LogP contribution in [0.15, 0.2) is 55.2 Å². The Morgan fingerprint density at radius 2 is 2.04 bits per heavy atom. The molecule has 0 aliphatic carbocycles. The van der Waals surface area contributed by atoms with Crippen LogP contribution in [0.3, 0.4) is 0 Å². The molecule has 4 heterocycles. The molecule has 24 heavy (non-hydrogen) atoms. The summed E-state index contributed by atoms with van der Waals surface area (Å²) in [5, 5.41) is 7.74. The quantitative estimate of drug-likeness (QED) is 0.783. The number of aromatic nitrogens is 4.